The van der Waals surface area contributed by atoms with Crippen molar-refractivity contribution in [3.8, 4) is 5.75 Å². The zero-order valence-corrected chi connectivity index (χ0v) is 22.3. The third kappa shape index (κ3) is 4.47. The van der Waals surface area contributed by atoms with Crippen LogP contribution < -0.4 is 19.6 Å². The molecule has 1 aromatic heterocycles. The van der Waals surface area contributed by atoms with Gasteiger partial charge in [-0.1, -0.05) is 52.7 Å². The Bertz CT molecular complexity index is 1510. The van der Waals surface area contributed by atoms with E-state index in [9.17, 15) is 9.59 Å². The summed E-state index contributed by atoms with van der Waals surface area (Å²) in [6.07, 6.45) is 1.68. The summed E-state index contributed by atoms with van der Waals surface area (Å²) >= 11 is 17.2. The molecule has 0 spiro atoms. The highest BCUT2D eigenvalue weighted by atomic mass is 79.9. The number of halogens is 3. The molecule has 4 rings (SSSR count). The quantitative estimate of drug-likeness (QED) is 0.403. The number of ether oxygens (including phenoxy) is 2. The van der Waals surface area contributed by atoms with Crippen molar-refractivity contribution in [2.75, 3.05) is 13.7 Å². The van der Waals surface area contributed by atoms with Gasteiger partial charge in [-0.05, 0) is 65.2 Å². The lowest BCUT2D eigenvalue weighted by Crippen LogP contribution is -2.40. The van der Waals surface area contributed by atoms with Gasteiger partial charge in [0.25, 0.3) is 5.56 Å². The summed E-state index contributed by atoms with van der Waals surface area (Å²) in [7, 11) is 1.57. The lowest BCUT2D eigenvalue weighted by Gasteiger charge is -2.25. The van der Waals surface area contributed by atoms with Gasteiger partial charge in [0.2, 0.25) is 0 Å². The van der Waals surface area contributed by atoms with Crippen LogP contribution in [0, 0.1) is 0 Å². The van der Waals surface area contributed by atoms with E-state index in [0.717, 1.165) is 0 Å². The zero-order valence-electron chi connectivity index (χ0n) is 18.4. The van der Waals surface area contributed by atoms with Gasteiger partial charge in [-0.15, -0.1) is 0 Å². The highest BCUT2D eigenvalue weighted by Gasteiger charge is 2.33. The number of nitrogens with zero attached hydrogens (tertiary/aromatic N) is 2. The third-order valence-electron chi connectivity index (χ3n) is 5.28. The molecule has 176 valence electrons. The maximum absolute atomic E-state index is 13.6. The number of esters is 1. The molecule has 34 heavy (non-hydrogen) atoms. The van der Waals surface area contributed by atoms with Gasteiger partial charge in [0.05, 0.1) is 50.1 Å². The standard InChI is InChI=1S/C24H19BrCl2N2O4S/c1-4-33-23(31)19-12(2)28-24-29(21(19)14-8-9-17(32-3)15(25)10-14)22(30)18(34-24)11-13-6-5-7-16(26)20(13)27/h5-11,21H,4H2,1-3H3/b18-11+/t21-/m0/s1. The van der Waals surface area contributed by atoms with E-state index in [-0.39, 0.29) is 12.2 Å². The Balaban J connectivity index is 1.98. The number of allylic oxidation sites excluding steroid dienone is 1. The Hall–Kier alpha value is -2.39. The number of thiazole rings is 1. The van der Waals surface area contributed by atoms with Gasteiger partial charge in [0, 0.05) is 0 Å². The number of methoxy groups -OCH3 is 1. The van der Waals surface area contributed by atoms with E-state index in [0.29, 0.717) is 52.0 Å². The monoisotopic (exact) mass is 580 g/mol. The molecule has 0 unspecified atom stereocenters. The van der Waals surface area contributed by atoms with Gasteiger partial charge in [0.1, 0.15) is 5.75 Å². The molecule has 3 aromatic rings. The fourth-order valence-electron chi connectivity index (χ4n) is 3.73. The van der Waals surface area contributed by atoms with Gasteiger partial charge < -0.3 is 9.47 Å². The van der Waals surface area contributed by atoms with Crippen molar-refractivity contribution in [2.24, 2.45) is 4.99 Å². The van der Waals surface area contributed by atoms with E-state index < -0.39 is 12.0 Å². The van der Waals surface area contributed by atoms with Crippen molar-refractivity contribution >= 4 is 62.5 Å². The largest absolute Gasteiger partial charge is 0.496 e. The van der Waals surface area contributed by atoms with E-state index in [1.54, 1.807) is 51.3 Å². The van der Waals surface area contributed by atoms with Crippen molar-refractivity contribution < 1.29 is 14.3 Å². The summed E-state index contributed by atoms with van der Waals surface area (Å²) in [5.41, 5.74) is 1.82. The number of hydrogen-bond donors (Lipinski definition) is 0. The van der Waals surface area contributed by atoms with Crippen LogP contribution in [0.1, 0.15) is 31.0 Å². The maximum Gasteiger partial charge on any atom is 0.338 e. The number of aromatic nitrogens is 1. The molecule has 1 atom stereocenters. The summed E-state index contributed by atoms with van der Waals surface area (Å²) in [6.45, 7) is 3.67. The summed E-state index contributed by atoms with van der Waals surface area (Å²) in [5, 5.41) is 0.749. The molecule has 0 saturated carbocycles. The molecule has 0 radical (unpaired) electrons. The van der Waals surface area contributed by atoms with E-state index in [1.807, 2.05) is 12.1 Å². The highest BCUT2D eigenvalue weighted by molar-refractivity contribution is 9.10. The third-order valence-corrected chi connectivity index (χ3v) is 7.71. The minimum Gasteiger partial charge on any atom is -0.496 e. The minimum atomic E-state index is -0.727. The molecule has 0 amide bonds. The Morgan fingerprint density at radius 3 is 2.74 bits per heavy atom. The fraction of sp³-hybridized carbons (Fsp3) is 0.208. The average Bonchev–Trinajstić information content (AvgIpc) is 3.10. The van der Waals surface area contributed by atoms with Gasteiger partial charge in [-0.3, -0.25) is 9.36 Å². The summed E-state index contributed by atoms with van der Waals surface area (Å²) < 4.78 is 13.3. The first-order chi connectivity index (χ1) is 16.3. The van der Waals surface area contributed by atoms with Crippen LogP contribution in [0.25, 0.3) is 6.08 Å². The fourth-order valence-corrected chi connectivity index (χ4v) is 5.69. The molecule has 0 fully saturated rings. The first-order valence-electron chi connectivity index (χ1n) is 10.2. The predicted octanol–water partition coefficient (Wildman–Crippen LogP) is 4.88. The van der Waals surface area contributed by atoms with Crippen molar-refractivity contribution in [3.63, 3.8) is 0 Å². The maximum atomic E-state index is 13.6. The molecule has 1 aliphatic rings. The number of hydrogen-bond acceptors (Lipinski definition) is 6. The first kappa shape index (κ1) is 24.7. The van der Waals surface area contributed by atoms with Crippen LogP contribution in [0.3, 0.4) is 0 Å². The van der Waals surface area contributed by atoms with E-state index in [2.05, 4.69) is 20.9 Å². The van der Waals surface area contributed by atoms with Gasteiger partial charge in [-0.25, -0.2) is 9.79 Å². The number of carbonyl (C=O) groups excluding carboxylic acids is 1. The van der Waals surface area contributed by atoms with Gasteiger partial charge >= 0.3 is 5.97 Å². The van der Waals surface area contributed by atoms with E-state index >= 15 is 0 Å². The molecule has 2 heterocycles. The first-order valence-corrected chi connectivity index (χ1v) is 12.6. The number of benzene rings is 2. The Morgan fingerprint density at radius 2 is 2.06 bits per heavy atom. The van der Waals surface area contributed by atoms with Crippen molar-refractivity contribution in [1.82, 2.24) is 4.57 Å². The average molecular weight is 582 g/mol. The van der Waals surface area contributed by atoms with E-state index in [1.165, 1.54) is 15.9 Å². The molecular formula is C24H19BrCl2N2O4S. The van der Waals surface area contributed by atoms with Crippen LogP contribution in [-0.2, 0) is 9.53 Å². The number of carbonyl (C=O) groups is 1. The molecule has 0 aliphatic carbocycles. The van der Waals surface area contributed by atoms with Crippen LogP contribution in [0.4, 0.5) is 0 Å². The van der Waals surface area contributed by atoms with E-state index in [4.69, 9.17) is 32.7 Å². The van der Waals surface area contributed by atoms with Crippen LogP contribution in [0.2, 0.25) is 10.0 Å². The molecule has 1 aliphatic heterocycles. The van der Waals surface area contributed by atoms with Crippen molar-refractivity contribution in [2.45, 2.75) is 19.9 Å². The smallest absolute Gasteiger partial charge is 0.338 e. The van der Waals surface area contributed by atoms with Crippen LogP contribution in [-0.4, -0.2) is 24.3 Å². The van der Waals surface area contributed by atoms with Gasteiger partial charge in [-0.2, -0.15) is 0 Å². The molecule has 0 N–H and O–H groups in total. The van der Waals surface area contributed by atoms with Crippen LogP contribution in [0.15, 0.2) is 61.9 Å². The SMILES string of the molecule is CCOC(=O)C1=C(C)N=c2s/c(=C/c3cccc(Cl)c3Cl)c(=O)n2[C@H]1c1ccc(OC)c(Br)c1. The van der Waals surface area contributed by atoms with Crippen molar-refractivity contribution in [3.05, 3.63) is 93.0 Å². The highest BCUT2D eigenvalue weighted by Crippen LogP contribution is 2.35. The second kappa shape index (κ2) is 10.1. The van der Waals surface area contributed by atoms with Crippen molar-refractivity contribution in [1.29, 1.82) is 0 Å². The molecule has 0 saturated heterocycles. The summed E-state index contributed by atoms with van der Waals surface area (Å²) in [6, 6.07) is 9.91. The molecule has 2 aromatic carbocycles. The number of fused-ring (bicyclic) bond motifs is 1. The number of rotatable bonds is 5. The molecule has 6 nitrogen and oxygen atoms in total. The second-order valence-electron chi connectivity index (χ2n) is 7.34. The normalized spacial score (nSPS) is 15.7. The molecular weight excluding hydrogens is 563 g/mol. The minimum absolute atomic E-state index is 0.201. The molecule has 10 heteroatoms. The zero-order chi connectivity index (χ0) is 24.6. The van der Waals surface area contributed by atoms with Gasteiger partial charge in [0.15, 0.2) is 4.80 Å². The lowest BCUT2D eigenvalue weighted by molar-refractivity contribution is -0.139. The Labute approximate surface area is 217 Å². The Kier molecular flexibility index (Phi) is 7.33. The Morgan fingerprint density at radius 1 is 1.29 bits per heavy atom. The second-order valence-corrected chi connectivity index (χ2v) is 9.99. The molecule has 0 bridgehead atoms. The van der Waals surface area contributed by atoms with Crippen LogP contribution >= 0.6 is 50.5 Å². The predicted molar refractivity (Wildman–Crippen MR) is 138 cm³/mol. The lowest BCUT2D eigenvalue weighted by atomic mass is 9.96. The topological polar surface area (TPSA) is 69.9 Å². The van der Waals surface area contributed by atoms with Crippen LogP contribution in [0.5, 0.6) is 5.75 Å². The summed E-state index contributed by atoms with van der Waals surface area (Å²) in [4.78, 5) is 31.6. The summed E-state index contributed by atoms with van der Waals surface area (Å²) in [5.74, 6) is 0.109.